The molecule has 130 valence electrons. The molecule has 1 saturated heterocycles. The molecule has 1 aromatic carbocycles. The van der Waals surface area contributed by atoms with E-state index in [1.165, 1.54) is 0 Å². The number of ether oxygens (including phenoxy) is 1. The first-order valence-electron chi connectivity index (χ1n) is 7.99. The Hall–Kier alpha value is -1.15. The first kappa shape index (κ1) is 18.2. The fourth-order valence-electron chi connectivity index (χ4n) is 2.81. The molecule has 1 aromatic rings. The van der Waals surface area contributed by atoms with Gasteiger partial charge in [-0.1, -0.05) is 18.6 Å². The van der Waals surface area contributed by atoms with Crippen molar-refractivity contribution in [3.63, 3.8) is 0 Å². The van der Waals surface area contributed by atoms with Crippen LogP contribution in [0.4, 0.5) is 0 Å². The van der Waals surface area contributed by atoms with Crippen LogP contribution in [0, 0.1) is 0 Å². The Bertz CT molecular complexity index is 581. The largest absolute Gasteiger partial charge is 0.497 e. The van der Waals surface area contributed by atoms with Gasteiger partial charge in [0.25, 0.3) is 10.2 Å². The monoisotopic (exact) mass is 341 g/mol. The summed E-state index contributed by atoms with van der Waals surface area (Å²) in [5, 5.41) is 0. The molecule has 0 radical (unpaired) electrons. The van der Waals surface area contributed by atoms with E-state index in [2.05, 4.69) is 4.72 Å². The molecule has 0 saturated carbocycles. The third kappa shape index (κ3) is 4.91. The Morgan fingerprint density at radius 3 is 2.30 bits per heavy atom. The second-order valence-electron chi connectivity index (χ2n) is 6.07. The lowest BCUT2D eigenvalue weighted by molar-refractivity contribution is 0.292. The molecule has 1 heterocycles. The van der Waals surface area contributed by atoms with Gasteiger partial charge in [0.1, 0.15) is 5.75 Å². The van der Waals surface area contributed by atoms with Gasteiger partial charge in [0.15, 0.2) is 0 Å². The molecule has 0 unspecified atom stereocenters. The number of nitrogens with zero attached hydrogens (tertiary/aromatic N) is 2. The highest BCUT2D eigenvalue weighted by atomic mass is 32.2. The number of benzene rings is 1. The maximum atomic E-state index is 12.4. The van der Waals surface area contributed by atoms with Crippen LogP contribution in [0.1, 0.15) is 30.9 Å². The molecular formula is C16H27N3O3S. The minimum atomic E-state index is -3.40. The van der Waals surface area contributed by atoms with Gasteiger partial charge in [0.05, 0.1) is 7.11 Å². The molecule has 6 nitrogen and oxygen atoms in total. The first-order valence-corrected chi connectivity index (χ1v) is 9.43. The molecule has 1 N–H and O–H groups in total. The van der Waals surface area contributed by atoms with Crippen molar-refractivity contribution < 1.29 is 13.2 Å². The minimum absolute atomic E-state index is 0.0273. The van der Waals surface area contributed by atoms with E-state index in [0.29, 0.717) is 19.6 Å². The highest BCUT2D eigenvalue weighted by Crippen LogP contribution is 2.21. The van der Waals surface area contributed by atoms with E-state index in [0.717, 1.165) is 30.6 Å². The van der Waals surface area contributed by atoms with Crippen LogP contribution in [0.15, 0.2) is 24.3 Å². The van der Waals surface area contributed by atoms with Crippen molar-refractivity contribution in [2.24, 2.45) is 0 Å². The average molecular weight is 341 g/mol. The summed E-state index contributed by atoms with van der Waals surface area (Å²) in [6, 6.07) is 7.70. The van der Waals surface area contributed by atoms with Crippen molar-refractivity contribution in [3.8, 4) is 5.75 Å². The molecule has 1 fully saturated rings. The van der Waals surface area contributed by atoms with Crippen molar-refractivity contribution in [2.45, 2.75) is 25.3 Å². The van der Waals surface area contributed by atoms with E-state index < -0.39 is 10.2 Å². The van der Waals surface area contributed by atoms with Crippen LogP contribution < -0.4 is 9.46 Å². The smallest absolute Gasteiger partial charge is 0.279 e. The van der Waals surface area contributed by atoms with Crippen molar-refractivity contribution >= 4 is 10.2 Å². The number of likely N-dealkylation sites (N-methyl/N-ethyl adjacent to an activating group) is 1. The van der Waals surface area contributed by atoms with Crippen LogP contribution in [0.5, 0.6) is 5.75 Å². The van der Waals surface area contributed by atoms with E-state index in [4.69, 9.17) is 4.74 Å². The highest BCUT2D eigenvalue weighted by molar-refractivity contribution is 7.87. The summed E-state index contributed by atoms with van der Waals surface area (Å²) >= 11 is 0. The molecule has 0 bridgehead atoms. The van der Waals surface area contributed by atoms with Crippen LogP contribution in [-0.2, 0) is 10.2 Å². The van der Waals surface area contributed by atoms with E-state index in [1.807, 2.05) is 43.3 Å². The average Bonchev–Trinajstić information content (AvgIpc) is 2.56. The zero-order valence-corrected chi connectivity index (χ0v) is 15.0. The highest BCUT2D eigenvalue weighted by Gasteiger charge is 2.25. The lowest BCUT2D eigenvalue weighted by Gasteiger charge is -2.29. The summed E-state index contributed by atoms with van der Waals surface area (Å²) in [5.74, 6) is 0.792. The van der Waals surface area contributed by atoms with E-state index in [-0.39, 0.29) is 6.04 Å². The quantitative estimate of drug-likeness (QED) is 0.819. The fraction of sp³-hybridized carbons (Fsp3) is 0.625. The maximum Gasteiger partial charge on any atom is 0.279 e. The molecular weight excluding hydrogens is 314 g/mol. The predicted octanol–water partition coefficient (Wildman–Crippen LogP) is 1.62. The van der Waals surface area contributed by atoms with Crippen LogP contribution in [0.3, 0.4) is 0 Å². The van der Waals surface area contributed by atoms with E-state index >= 15 is 0 Å². The molecule has 0 spiro atoms. The number of rotatable bonds is 7. The third-order valence-corrected chi connectivity index (χ3v) is 5.81. The topological polar surface area (TPSA) is 61.9 Å². The lowest BCUT2D eigenvalue weighted by atomic mass is 10.1. The second kappa shape index (κ2) is 8.10. The molecule has 0 aromatic heterocycles. The van der Waals surface area contributed by atoms with Crippen LogP contribution in [0.2, 0.25) is 0 Å². The number of nitrogens with one attached hydrogen (secondary N) is 1. The van der Waals surface area contributed by atoms with Crippen LogP contribution in [0.25, 0.3) is 0 Å². The Kier molecular flexibility index (Phi) is 6.41. The standard InChI is InChI=1S/C16H27N3O3S/c1-18(2)16(14-7-9-15(22-3)10-8-14)13-17-23(20,21)19-11-5-4-6-12-19/h7-10,16-17H,4-6,11-13H2,1-3H3/t16-/m0/s1. The van der Waals surface area contributed by atoms with Gasteiger partial charge in [-0.25, -0.2) is 4.72 Å². The summed E-state index contributed by atoms with van der Waals surface area (Å²) in [4.78, 5) is 2.01. The Morgan fingerprint density at radius 1 is 1.17 bits per heavy atom. The van der Waals surface area contributed by atoms with E-state index in [9.17, 15) is 8.42 Å². The summed E-state index contributed by atoms with van der Waals surface area (Å²) in [6.07, 6.45) is 2.99. The zero-order chi connectivity index (χ0) is 16.9. The summed E-state index contributed by atoms with van der Waals surface area (Å²) in [7, 11) is 2.13. The van der Waals surface area contributed by atoms with Gasteiger partial charge in [-0.3, -0.25) is 0 Å². The summed E-state index contributed by atoms with van der Waals surface area (Å²) in [5.41, 5.74) is 1.05. The SMILES string of the molecule is COc1ccc([C@H](CNS(=O)(=O)N2CCCCC2)N(C)C)cc1. The van der Waals surface area contributed by atoms with Gasteiger partial charge in [0.2, 0.25) is 0 Å². The van der Waals surface area contributed by atoms with Crippen molar-refractivity contribution in [1.29, 1.82) is 0 Å². The van der Waals surface area contributed by atoms with Gasteiger partial charge < -0.3 is 9.64 Å². The molecule has 23 heavy (non-hydrogen) atoms. The van der Waals surface area contributed by atoms with Gasteiger partial charge in [-0.05, 0) is 44.6 Å². The molecule has 1 aliphatic rings. The summed E-state index contributed by atoms with van der Waals surface area (Å²) in [6.45, 7) is 1.58. The fourth-order valence-corrected chi connectivity index (χ4v) is 4.10. The molecule has 7 heteroatoms. The number of piperidine rings is 1. The van der Waals surface area contributed by atoms with E-state index in [1.54, 1.807) is 11.4 Å². The van der Waals surface area contributed by atoms with Gasteiger partial charge in [-0.15, -0.1) is 0 Å². The van der Waals surface area contributed by atoms with Crippen molar-refractivity contribution in [2.75, 3.05) is 40.8 Å². The van der Waals surface area contributed by atoms with Gasteiger partial charge in [0, 0.05) is 25.7 Å². The Morgan fingerprint density at radius 2 is 1.78 bits per heavy atom. The Labute approximate surface area is 139 Å². The summed E-state index contributed by atoms with van der Waals surface area (Å²) < 4.78 is 34.3. The molecule has 2 rings (SSSR count). The van der Waals surface area contributed by atoms with Crippen molar-refractivity contribution in [3.05, 3.63) is 29.8 Å². The first-order chi connectivity index (χ1) is 10.9. The second-order valence-corrected chi connectivity index (χ2v) is 7.82. The van der Waals surface area contributed by atoms with Gasteiger partial charge >= 0.3 is 0 Å². The molecule has 1 aliphatic heterocycles. The van der Waals surface area contributed by atoms with Crippen molar-refractivity contribution in [1.82, 2.24) is 13.9 Å². The molecule has 0 amide bonds. The van der Waals surface area contributed by atoms with Crippen LogP contribution in [-0.4, -0.2) is 58.5 Å². The molecule has 0 aliphatic carbocycles. The normalized spacial score (nSPS) is 18.1. The predicted molar refractivity (Wildman–Crippen MR) is 91.8 cm³/mol. The zero-order valence-electron chi connectivity index (χ0n) is 14.2. The maximum absolute atomic E-state index is 12.4. The lowest BCUT2D eigenvalue weighted by Crippen LogP contribution is -2.45. The minimum Gasteiger partial charge on any atom is -0.497 e. The molecule has 1 atom stereocenters. The van der Waals surface area contributed by atoms with Crippen LogP contribution >= 0.6 is 0 Å². The van der Waals surface area contributed by atoms with Gasteiger partial charge in [-0.2, -0.15) is 12.7 Å². The third-order valence-electron chi connectivity index (χ3n) is 4.24. The number of hydrogen-bond acceptors (Lipinski definition) is 4. The number of hydrogen-bond donors (Lipinski definition) is 1. The Balaban J connectivity index is 2.04. The number of methoxy groups -OCH3 is 1.